The molecule has 0 aliphatic carbocycles. The Morgan fingerprint density at radius 1 is 1.29 bits per heavy atom. The van der Waals surface area contributed by atoms with Crippen LogP contribution in [0.1, 0.15) is 16.9 Å². The summed E-state index contributed by atoms with van der Waals surface area (Å²) < 4.78 is 1.25. The number of thiophene rings is 1. The SMILES string of the molecule is Brc1ccsc1CC1CCc2ccccc2N1. The van der Waals surface area contributed by atoms with E-state index in [0.717, 1.165) is 6.42 Å². The molecule has 0 spiro atoms. The Kier molecular flexibility index (Phi) is 3.21. The van der Waals surface area contributed by atoms with E-state index < -0.39 is 0 Å². The highest BCUT2D eigenvalue weighted by Gasteiger charge is 2.18. The Hall–Kier alpha value is -0.800. The Labute approximate surface area is 114 Å². The predicted octanol–water partition coefficient (Wildman–Crippen LogP) is 4.48. The maximum atomic E-state index is 3.65. The van der Waals surface area contributed by atoms with E-state index in [2.05, 4.69) is 57.0 Å². The van der Waals surface area contributed by atoms with Crippen LogP contribution in [-0.2, 0) is 12.8 Å². The van der Waals surface area contributed by atoms with Crippen LogP contribution in [0.2, 0.25) is 0 Å². The normalized spacial score (nSPS) is 18.5. The van der Waals surface area contributed by atoms with Gasteiger partial charge in [-0.1, -0.05) is 18.2 Å². The second-order valence-corrected chi connectivity index (χ2v) is 6.29. The first-order valence-electron chi connectivity index (χ1n) is 5.89. The molecule has 1 aliphatic rings. The van der Waals surface area contributed by atoms with Crippen molar-refractivity contribution in [2.24, 2.45) is 0 Å². The van der Waals surface area contributed by atoms with Crippen LogP contribution in [0.3, 0.4) is 0 Å². The zero-order valence-corrected chi connectivity index (χ0v) is 11.9. The van der Waals surface area contributed by atoms with Crippen LogP contribution < -0.4 is 5.32 Å². The van der Waals surface area contributed by atoms with Crippen molar-refractivity contribution in [2.45, 2.75) is 25.3 Å². The summed E-state index contributed by atoms with van der Waals surface area (Å²) >= 11 is 5.45. The van der Waals surface area contributed by atoms with Gasteiger partial charge in [0, 0.05) is 27.5 Å². The first-order valence-corrected chi connectivity index (χ1v) is 7.56. The largest absolute Gasteiger partial charge is 0.382 e. The molecule has 0 radical (unpaired) electrons. The number of halogens is 1. The molecule has 17 heavy (non-hydrogen) atoms. The summed E-state index contributed by atoms with van der Waals surface area (Å²) in [7, 11) is 0. The monoisotopic (exact) mass is 307 g/mol. The molecule has 0 saturated heterocycles. The summed E-state index contributed by atoms with van der Waals surface area (Å²) in [4.78, 5) is 1.45. The molecule has 1 nitrogen and oxygen atoms in total. The number of hydrogen-bond donors (Lipinski definition) is 1. The fraction of sp³-hybridized carbons (Fsp3) is 0.286. The second-order valence-electron chi connectivity index (χ2n) is 4.43. The van der Waals surface area contributed by atoms with E-state index in [4.69, 9.17) is 0 Å². The molecule has 3 heteroatoms. The lowest BCUT2D eigenvalue weighted by molar-refractivity contribution is 0.631. The lowest BCUT2D eigenvalue weighted by atomic mass is 9.96. The maximum Gasteiger partial charge on any atom is 0.0374 e. The molecular weight excluding hydrogens is 294 g/mol. The summed E-state index contributed by atoms with van der Waals surface area (Å²) in [5, 5.41) is 5.80. The predicted molar refractivity (Wildman–Crippen MR) is 77.9 cm³/mol. The number of hydrogen-bond acceptors (Lipinski definition) is 2. The van der Waals surface area contributed by atoms with Gasteiger partial charge in [0.2, 0.25) is 0 Å². The average molecular weight is 308 g/mol. The van der Waals surface area contributed by atoms with E-state index in [1.54, 1.807) is 0 Å². The van der Waals surface area contributed by atoms with Crippen LogP contribution in [0.25, 0.3) is 0 Å². The van der Waals surface area contributed by atoms with Crippen molar-refractivity contribution in [3.8, 4) is 0 Å². The number of para-hydroxylation sites is 1. The highest BCUT2D eigenvalue weighted by atomic mass is 79.9. The van der Waals surface area contributed by atoms with Crippen LogP contribution in [0.4, 0.5) is 5.69 Å². The van der Waals surface area contributed by atoms with Gasteiger partial charge in [0.1, 0.15) is 0 Å². The molecule has 0 fully saturated rings. The minimum absolute atomic E-state index is 0.569. The molecular formula is C14H14BrNS. The van der Waals surface area contributed by atoms with Gasteiger partial charge in [-0.2, -0.15) is 0 Å². The third kappa shape index (κ3) is 2.40. The summed E-state index contributed by atoms with van der Waals surface area (Å²) in [6, 6.07) is 11.3. The molecule has 2 aromatic rings. The summed E-state index contributed by atoms with van der Waals surface area (Å²) in [6.45, 7) is 0. The first kappa shape index (κ1) is 11.3. The first-order chi connectivity index (χ1) is 8.33. The molecule has 0 amide bonds. The third-order valence-corrected chi connectivity index (χ3v) is 5.21. The summed E-state index contributed by atoms with van der Waals surface area (Å²) in [5.41, 5.74) is 2.77. The summed E-state index contributed by atoms with van der Waals surface area (Å²) in [6.07, 6.45) is 3.53. The average Bonchev–Trinajstić information content (AvgIpc) is 2.75. The number of fused-ring (bicyclic) bond motifs is 1. The van der Waals surface area contributed by atoms with Crippen molar-refractivity contribution in [1.82, 2.24) is 0 Å². The molecule has 1 N–H and O–H groups in total. The van der Waals surface area contributed by atoms with E-state index in [-0.39, 0.29) is 0 Å². The standard InChI is InChI=1S/C14H14BrNS/c15-12-7-8-17-14(12)9-11-6-5-10-3-1-2-4-13(10)16-11/h1-4,7-8,11,16H,5-6,9H2. The number of aryl methyl sites for hydroxylation is 1. The molecule has 1 atom stereocenters. The van der Waals surface area contributed by atoms with Gasteiger partial charge in [0.05, 0.1) is 0 Å². The van der Waals surface area contributed by atoms with Gasteiger partial charge >= 0.3 is 0 Å². The van der Waals surface area contributed by atoms with Gasteiger partial charge in [0.25, 0.3) is 0 Å². The molecule has 88 valence electrons. The lowest BCUT2D eigenvalue weighted by Gasteiger charge is -2.26. The third-order valence-electron chi connectivity index (χ3n) is 3.26. The van der Waals surface area contributed by atoms with E-state index in [1.165, 1.54) is 33.4 Å². The van der Waals surface area contributed by atoms with Gasteiger partial charge in [-0.25, -0.2) is 0 Å². The van der Waals surface area contributed by atoms with Crippen molar-refractivity contribution in [3.63, 3.8) is 0 Å². The Morgan fingerprint density at radius 2 is 2.18 bits per heavy atom. The molecule has 3 rings (SSSR count). The van der Waals surface area contributed by atoms with E-state index >= 15 is 0 Å². The van der Waals surface area contributed by atoms with Crippen LogP contribution in [0.5, 0.6) is 0 Å². The molecule has 1 aromatic carbocycles. The molecule has 1 aliphatic heterocycles. The van der Waals surface area contributed by atoms with Gasteiger partial charge in [-0.3, -0.25) is 0 Å². The Morgan fingerprint density at radius 3 is 3.00 bits per heavy atom. The number of rotatable bonds is 2. The van der Waals surface area contributed by atoms with Gasteiger partial charge < -0.3 is 5.32 Å². The van der Waals surface area contributed by atoms with E-state index in [0.29, 0.717) is 6.04 Å². The fourth-order valence-corrected chi connectivity index (χ4v) is 3.94. The second kappa shape index (κ2) is 4.83. The zero-order valence-electron chi connectivity index (χ0n) is 9.45. The minimum Gasteiger partial charge on any atom is -0.382 e. The van der Waals surface area contributed by atoms with Crippen molar-refractivity contribution in [2.75, 3.05) is 5.32 Å². The highest BCUT2D eigenvalue weighted by molar-refractivity contribution is 9.10. The quantitative estimate of drug-likeness (QED) is 0.862. The molecule has 1 aromatic heterocycles. The highest BCUT2D eigenvalue weighted by Crippen LogP contribution is 2.29. The van der Waals surface area contributed by atoms with Crippen molar-refractivity contribution < 1.29 is 0 Å². The van der Waals surface area contributed by atoms with Crippen LogP contribution in [0.15, 0.2) is 40.2 Å². The van der Waals surface area contributed by atoms with Gasteiger partial charge in [0.15, 0.2) is 0 Å². The van der Waals surface area contributed by atoms with Crippen LogP contribution >= 0.6 is 27.3 Å². The summed E-state index contributed by atoms with van der Waals surface area (Å²) in [5.74, 6) is 0. The fourth-order valence-electron chi connectivity index (χ4n) is 2.35. The van der Waals surface area contributed by atoms with E-state index in [9.17, 15) is 0 Å². The zero-order chi connectivity index (χ0) is 11.7. The molecule has 2 heterocycles. The van der Waals surface area contributed by atoms with E-state index in [1.807, 2.05) is 11.3 Å². The van der Waals surface area contributed by atoms with Crippen molar-refractivity contribution in [3.05, 3.63) is 50.6 Å². The van der Waals surface area contributed by atoms with Crippen molar-refractivity contribution in [1.29, 1.82) is 0 Å². The molecule has 1 unspecified atom stereocenters. The maximum absolute atomic E-state index is 3.65. The number of nitrogens with one attached hydrogen (secondary N) is 1. The molecule has 0 bridgehead atoms. The number of benzene rings is 1. The topological polar surface area (TPSA) is 12.0 Å². The Bertz CT molecular complexity index is 520. The lowest BCUT2D eigenvalue weighted by Crippen LogP contribution is -2.27. The Balaban J connectivity index is 1.74. The van der Waals surface area contributed by atoms with Gasteiger partial charge in [-0.15, -0.1) is 11.3 Å². The van der Waals surface area contributed by atoms with Gasteiger partial charge in [-0.05, 0) is 51.8 Å². The molecule has 0 saturated carbocycles. The smallest absolute Gasteiger partial charge is 0.0374 e. The number of anilines is 1. The van der Waals surface area contributed by atoms with Crippen LogP contribution in [0, 0.1) is 0 Å². The van der Waals surface area contributed by atoms with Crippen LogP contribution in [-0.4, -0.2) is 6.04 Å². The minimum atomic E-state index is 0.569. The van der Waals surface area contributed by atoms with Crippen molar-refractivity contribution >= 4 is 33.0 Å².